The Bertz CT molecular complexity index is 976. The van der Waals surface area contributed by atoms with E-state index in [0.717, 1.165) is 48.8 Å². The minimum Gasteiger partial charge on any atom is -0.481 e. The first-order valence-electron chi connectivity index (χ1n) is 14.7. The Morgan fingerprint density at radius 2 is 1.84 bits per heavy atom. The fraction of sp³-hybridized carbons (Fsp3) is 0.688. The minimum absolute atomic E-state index is 0.169. The summed E-state index contributed by atoms with van der Waals surface area (Å²) >= 11 is 0. The van der Waals surface area contributed by atoms with Gasteiger partial charge in [0.05, 0.1) is 5.70 Å². The highest BCUT2D eigenvalue weighted by Gasteiger charge is 2.62. The van der Waals surface area contributed by atoms with Gasteiger partial charge >= 0.3 is 5.97 Å². The molecule has 204 valence electrons. The van der Waals surface area contributed by atoms with Gasteiger partial charge in [-0.05, 0) is 91.9 Å². The molecule has 0 saturated heterocycles. The van der Waals surface area contributed by atoms with Gasteiger partial charge in [0, 0.05) is 31.5 Å². The molecular weight excluding hydrogens is 460 g/mol. The average Bonchev–Trinajstić information content (AvgIpc) is 3.24. The van der Waals surface area contributed by atoms with Crippen LogP contribution >= 0.6 is 0 Å². The normalized spacial score (nSPS) is 36.9. The maximum absolute atomic E-state index is 13.5. The fourth-order valence-electron chi connectivity index (χ4n) is 9.02. The van der Waals surface area contributed by atoms with Crippen molar-refractivity contribution in [2.45, 2.75) is 90.9 Å². The molecule has 4 N–H and O–H groups in total. The van der Waals surface area contributed by atoms with E-state index in [2.05, 4.69) is 19.2 Å². The van der Waals surface area contributed by atoms with Gasteiger partial charge in [-0.1, -0.05) is 57.0 Å². The first-order chi connectivity index (χ1) is 17.8. The monoisotopic (exact) mass is 508 g/mol. The summed E-state index contributed by atoms with van der Waals surface area (Å²) in [6, 6.07) is 9.96. The van der Waals surface area contributed by atoms with E-state index >= 15 is 0 Å². The van der Waals surface area contributed by atoms with Crippen molar-refractivity contribution in [2.75, 3.05) is 7.05 Å². The second kappa shape index (κ2) is 11.6. The molecule has 0 aliphatic heterocycles. The number of nitrogens with one attached hydrogen (secondary N) is 1. The van der Waals surface area contributed by atoms with Gasteiger partial charge in [0.15, 0.2) is 0 Å². The van der Waals surface area contributed by atoms with Crippen molar-refractivity contribution < 1.29 is 14.7 Å². The van der Waals surface area contributed by atoms with Crippen LogP contribution in [0.2, 0.25) is 0 Å². The van der Waals surface area contributed by atoms with Crippen LogP contribution in [0.4, 0.5) is 0 Å². The molecule has 0 radical (unpaired) electrons. The van der Waals surface area contributed by atoms with Crippen LogP contribution in [0, 0.1) is 40.4 Å². The summed E-state index contributed by atoms with van der Waals surface area (Å²) in [5.41, 5.74) is 7.68. The Morgan fingerprint density at radius 3 is 2.51 bits per heavy atom. The van der Waals surface area contributed by atoms with Crippen LogP contribution in [0.15, 0.2) is 36.5 Å². The predicted molar refractivity (Wildman–Crippen MR) is 149 cm³/mol. The third-order valence-corrected chi connectivity index (χ3v) is 11.1. The molecule has 0 spiro atoms. The van der Waals surface area contributed by atoms with Gasteiger partial charge in [-0.15, -0.1) is 0 Å². The van der Waals surface area contributed by atoms with Crippen molar-refractivity contribution in [1.82, 2.24) is 5.32 Å². The fourth-order valence-corrected chi connectivity index (χ4v) is 9.02. The standard InChI is InChI=1S/C23H36O3.C9H12N2/c1-22-13-4-3-6-15(22)9-11-17-18-12-10-16(7-5-8-21(25)26)23(18,2)20(24)14-19(17)22;1-11-9(7-10)8-5-3-2-4-6-8/h15-19H,3-14H2,1-2H3,(H,25,26);2-7,11H,10H2,1H3/b;9-7-. The molecule has 37 heavy (non-hydrogen) atoms. The predicted octanol–water partition coefficient (Wildman–Crippen LogP) is 6.63. The van der Waals surface area contributed by atoms with Gasteiger partial charge in [0.1, 0.15) is 5.78 Å². The van der Waals surface area contributed by atoms with Gasteiger partial charge in [-0.3, -0.25) is 9.59 Å². The number of rotatable bonds is 6. The zero-order valence-electron chi connectivity index (χ0n) is 23.2. The molecule has 7 unspecified atom stereocenters. The van der Waals surface area contributed by atoms with Crippen LogP contribution in [-0.4, -0.2) is 23.9 Å². The lowest BCUT2D eigenvalue weighted by Gasteiger charge is -2.59. The molecule has 4 aliphatic rings. The van der Waals surface area contributed by atoms with Gasteiger partial charge < -0.3 is 16.2 Å². The zero-order chi connectivity index (χ0) is 26.6. The van der Waals surface area contributed by atoms with Crippen LogP contribution in [0.3, 0.4) is 0 Å². The van der Waals surface area contributed by atoms with E-state index in [9.17, 15) is 9.59 Å². The number of hydrogen-bond donors (Lipinski definition) is 3. The number of hydrogen-bond acceptors (Lipinski definition) is 4. The molecule has 1 aromatic carbocycles. The number of aliphatic carboxylic acids is 1. The number of carboxylic acids is 1. The molecular formula is C32H48N2O3. The van der Waals surface area contributed by atoms with E-state index in [4.69, 9.17) is 10.8 Å². The molecule has 1 aromatic rings. The van der Waals surface area contributed by atoms with E-state index in [-0.39, 0.29) is 11.8 Å². The second-order valence-corrected chi connectivity index (χ2v) is 12.6. The molecule has 0 aromatic heterocycles. The molecule has 0 amide bonds. The highest BCUT2D eigenvalue weighted by atomic mass is 16.4. The molecule has 4 aliphatic carbocycles. The Labute approximate surface area is 223 Å². The van der Waals surface area contributed by atoms with Crippen molar-refractivity contribution in [3.8, 4) is 0 Å². The third kappa shape index (κ3) is 5.33. The summed E-state index contributed by atoms with van der Waals surface area (Å²) in [6.45, 7) is 4.77. The quantitative estimate of drug-likeness (QED) is 0.401. The van der Waals surface area contributed by atoms with Crippen molar-refractivity contribution in [3.63, 3.8) is 0 Å². The molecule has 7 atom stereocenters. The highest BCUT2D eigenvalue weighted by Crippen LogP contribution is 2.66. The number of ketones is 1. The van der Waals surface area contributed by atoms with Crippen molar-refractivity contribution in [3.05, 3.63) is 42.1 Å². The minimum atomic E-state index is -0.705. The van der Waals surface area contributed by atoms with Crippen molar-refractivity contribution in [1.29, 1.82) is 0 Å². The van der Waals surface area contributed by atoms with Gasteiger partial charge in [-0.2, -0.15) is 0 Å². The first kappa shape index (κ1) is 27.7. The number of carbonyl (C=O) groups is 2. The first-order valence-corrected chi connectivity index (χ1v) is 14.7. The second-order valence-electron chi connectivity index (χ2n) is 12.6. The van der Waals surface area contributed by atoms with Crippen LogP contribution in [0.5, 0.6) is 0 Å². The van der Waals surface area contributed by atoms with Crippen molar-refractivity contribution >= 4 is 17.4 Å². The maximum Gasteiger partial charge on any atom is 0.303 e. The number of fused-ring (bicyclic) bond motifs is 5. The Balaban J connectivity index is 0.000000245. The summed E-state index contributed by atoms with van der Waals surface area (Å²) in [4.78, 5) is 24.4. The van der Waals surface area contributed by atoms with E-state index < -0.39 is 5.97 Å². The number of carboxylic acid groups (broad SMARTS) is 1. The number of carbonyl (C=O) groups excluding carboxylic acids is 1. The molecule has 5 heteroatoms. The van der Waals surface area contributed by atoms with Crippen LogP contribution < -0.4 is 11.1 Å². The highest BCUT2D eigenvalue weighted by molar-refractivity contribution is 5.87. The Hall–Kier alpha value is -2.30. The lowest BCUT2D eigenvalue weighted by Crippen LogP contribution is -2.56. The van der Waals surface area contributed by atoms with Gasteiger partial charge in [-0.25, -0.2) is 0 Å². The zero-order valence-corrected chi connectivity index (χ0v) is 23.2. The Morgan fingerprint density at radius 1 is 1.08 bits per heavy atom. The van der Waals surface area contributed by atoms with Crippen molar-refractivity contribution in [2.24, 2.45) is 46.2 Å². The molecule has 4 saturated carbocycles. The number of Topliss-reactive ketones (excluding diaryl/α,β-unsaturated/α-hetero) is 1. The summed E-state index contributed by atoms with van der Waals surface area (Å²) in [5.74, 6) is 2.99. The Kier molecular flexibility index (Phi) is 8.70. The van der Waals surface area contributed by atoms with E-state index in [1.165, 1.54) is 44.9 Å². The van der Waals surface area contributed by atoms with Gasteiger partial charge in [0.25, 0.3) is 0 Å². The molecule has 0 bridgehead atoms. The molecule has 0 heterocycles. The average molecular weight is 509 g/mol. The van der Waals surface area contributed by atoms with E-state index in [1.807, 2.05) is 37.4 Å². The largest absolute Gasteiger partial charge is 0.481 e. The van der Waals surface area contributed by atoms with Crippen LogP contribution in [0.25, 0.3) is 5.70 Å². The third-order valence-electron chi connectivity index (χ3n) is 11.1. The molecule has 4 fully saturated rings. The topological polar surface area (TPSA) is 92.4 Å². The van der Waals surface area contributed by atoms with Crippen LogP contribution in [-0.2, 0) is 9.59 Å². The number of benzene rings is 1. The van der Waals surface area contributed by atoms with E-state index in [1.54, 1.807) is 6.20 Å². The van der Waals surface area contributed by atoms with Crippen LogP contribution in [0.1, 0.15) is 96.5 Å². The number of nitrogens with two attached hydrogens (primary N) is 1. The SMILES string of the molecule is CC12CCCCC1CCC1C2CC(=O)C2(C)C(CCCC(=O)O)CCC12.CN/C(=C\N)c1ccccc1. The summed E-state index contributed by atoms with van der Waals surface area (Å²) < 4.78 is 0. The lowest BCUT2D eigenvalue weighted by atomic mass is 9.44. The summed E-state index contributed by atoms with van der Waals surface area (Å²) in [7, 11) is 1.85. The maximum atomic E-state index is 13.5. The smallest absolute Gasteiger partial charge is 0.303 e. The molecule has 5 nitrogen and oxygen atoms in total. The summed E-state index contributed by atoms with van der Waals surface area (Å²) in [5, 5.41) is 12.0. The van der Waals surface area contributed by atoms with Gasteiger partial charge in [0.2, 0.25) is 0 Å². The summed E-state index contributed by atoms with van der Waals surface area (Å²) in [6.07, 6.45) is 14.8. The molecule has 5 rings (SSSR count). The van der Waals surface area contributed by atoms with E-state index in [0.29, 0.717) is 29.0 Å². The lowest BCUT2D eigenvalue weighted by molar-refractivity contribution is -0.156.